The fourth-order valence-corrected chi connectivity index (χ4v) is 2.78. The average molecular weight is 341 g/mol. The van der Waals surface area contributed by atoms with Gasteiger partial charge in [0.05, 0.1) is 0 Å². The number of ether oxygens (including phenoxy) is 2. The Hall–Kier alpha value is -1.39. The minimum absolute atomic E-state index is 0.289. The Morgan fingerprint density at radius 3 is 2.95 bits per heavy atom. The number of halogens is 2. The van der Waals surface area contributed by atoms with Crippen LogP contribution in [0.15, 0.2) is 40.9 Å². The van der Waals surface area contributed by atoms with E-state index in [1.54, 1.807) is 0 Å². The highest BCUT2D eigenvalue weighted by Crippen LogP contribution is 2.36. The van der Waals surface area contributed by atoms with Gasteiger partial charge in [-0.1, -0.05) is 23.7 Å². The van der Waals surface area contributed by atoms with Crippen LogP contribution in [-0.2, 0) is 6.54 Å². The molecule has 2 aromatic carbocycles. The highest BCUT2D eigenvalue weighted by Gasteiger charge is 2.16. The Bertz CT molecular complexity index is 618. The third kappa shape index (κ3) is 2.65. The third-order valence-corrected chi connectivity index (χ3v) is 3.77. The summed E-state index contributed by atoms with van der Waals surface area (Å²) in [6.45, 7) is 0.948. The quantitative estimate of drug-likeness (QED) is 0.896. The van der Waals surface area contributed by atoms with Gasteiger partial charge < -0.3 is 14.8 Å². The third-order valence-electron chi connectivity index (χ3n) is 2.88. The van der Waals surface area contributed by atoms with Crippen LogP contribution >= 0.6 is 27.5 Å². The lowest BCUT2D eigenvalue weighted by Crippen LogP contribution is -2.01. The highest BCUT2D eigenvalue weighted by atomic mass is 79.9. The standard InChI is InChI=1S/C14H11BrClNO2/c15-11-6-10(16)4-5-12(11)17-7-9-2-1-3-13-14(9)19-8-18-13/h1-6,17H,7-8H2. The van der Waals surface area contributed by atoms with E-state index in [9.17, 15) is 0 Å². The van der Waals surface area contributed by atoms with Crippen LogP contribution in [0, 0.1) is 0 Å². The molecule has 0 fully saturated rings. The van der Waals surface area contributed by atoms with E-state index in [2.05, 4.69) is 21.2 Å². The van der Waals surface area contributed by atoms with Gasteiger partial charge >= 0.3 is 0 Å². The second-order valence-corrected chi connectivity index (χ2v) is 5.42. The molecule has 98 valence electrons. The number of hydrogen-bond acceptors (Lipinski definition) is 3. The zero-order valence-electron chi connectivity index (χ0n) is 9.95. The van der Waals surface area contributed by atoms with Gasteiger partial charge in [0, 0.05) is 27.3 Å². The molecule has 1 N–H and O–H groups in total. The summed E-state index contributed by atoms with van der Waals surface area (Å²) >= 11 is 9.40. The van der Waals surface area contributed by atoms with E-state index in [-0.39, 0.29) is 6.79 Å². The molecule has 2 aromatic rings. The lowest BCUT2D eigenvalue weighted by molar-refractivity contribution is 0.173. The summed E-state index contributed by atoms with van der Waals surface area (Å²) in [5, 5.41) is 4.05. The Morgan fingerprint density at radius 2 is 2.11 bits per heavy atom. The van der Waals surface area contributed by atoms with E-state index in [1.165, 1.54) is 0 Å². The molecule has 0 unspecified atom stereocenters. The first-order valence-electron chi connectivity index (χ1n) is 5.80. The molecular formula is C14H11BrClNO2. The molecule has 0 saturated heterocycles. The number of benzene rings is 2. The molecule has 1 aliphatic heterocycles. The Labute approximate surface area is 124 Å². The molecule has 19 heavy (non-hydrogen) atoms. The molecule has 0 radical (unpaired) electrons. The van der Waals surface area contributed by atoms with Crippen molar-refractivity contribution in [2.45, 2.75) is 6.54 Å². The highest BCUT2D eigenvalue weighted by molar-refractivity contribution is 9.10. The van der Waals surface area contributed by atoms with Crippen LogP contribution in [0.4, 0.5) is 5.69 Å². The maximum atomic E-state index is 5.92. The largest absolute Gasteiger partial charge is 0.454 e. The van der Waals surface area contributed by atoms with Crippen molar-refractivity contribution in [3.05, 3.63) is 51.5 Å². The van der Waals surface area contributed by atoms with E-state index in [4.69, 9.17) is 21.1 Å². The predicted molar refractivity (Wildman–Crippen MR) is 79.0 cm³/mol. The molecule has 0 aromatic heterocycles. The number of anilines is 1. The molecule has 0 saturated carbocycles. The maximum Gasteiger partial charge on any atom is 0.231 e. The van der Waals surface area contributed by atoms with Crippen molar-refractivity contribution in [1.82, 2.24) is 0 Å². The Balaban J connectivity index is 1.78. The van der Waals surface area contributed by atoms with Crippen molar-refractivity contribution in [2.75, 3.05) is 12.1 Å². The number of para-hydroxylation sites is 1. The van der Waals surface area contributed by atoms with Gasteiger partial charge in [-0.15, -0.1) is 0 Å². The molecule has 3 nitrogen and oxygen atoms in total. The lowest BCUT2D eigenvalue weighted by atomic mass is 10.2. The van der Waals surface area contributed by atoms with E-state index < -0.39 is 0 Å². The number of hydrogen-bond donors (Lipinski definition) is 1. The van der Waals surface area contributed by atoms with Gasteiger partial charge in [-0.3, -0.25) is 0 Å². The van der Waals surface area contributed by atoms with Gasteiger partial charge in [0.2, 0.25) is 6.79 Å². The number of nitrogens with one attached hydrogen (secondary N) is 1. The molecule has 5 heteroatoms. The van der Waals surface area contributed by atoms with Gasteiger partial charge in [-0.25, -0.2) is 0 Å². The number of rotatable bonds is 3. The summed E-state index contributed by atoms with van der Waals surface area (Å²) in [5.74, 6) is 1.62. The molecule has 0 amide bonds. The van der Waals surface area contributed by atoms with Crippen molar-refractivity contribution < 1.29 is 9.47 Å². The average Bonchev–Trinajstić information content (AvgIpc) is 2.86. The Morgan fingerprint density at radius 1 is 1.21 bits per heavy atom. The van der Waals surface area contributed by atoms with Gasteiger partial charge in [0.1, 0.15) is 0 Å². The molecular weight excluding hydrogens is 330 g/mol. The van der Waals surface area contributed by atoms with Crippen LogP contribution in [0.25, 0.3) is 0 Å². The van der Waals surface area contributed by atoms with Crippen LogP contribution in [0.2, 0.25) is 5.02 Å². The molecule has 0 bridgehead atoms. The summed E-state index contributed by atoms with van der Waals surface area (Å²) in [7, 11) is 0. The van der Waals surface area contributed by atoms with Crippen LogP contribution in [0.5, 0.6) is 11.5 Å². The van der Waals surface area contributed by atoms with Crippen LogP contribution in [0.3, 0.4) is 0 Å². The first kappa shape index (κ1) is 12.6. The topological polar surface area (TPSA) is 30.5 Å². The lowest BCUT2D eigenvalue weighted by Gasteiger charge is -2.10. The first-order chi connectivity index (χ1) is 9.24. The SMILES string of the molecule is Clc1ccc(NCc2cccc3c2OCO3)c(Br)c1. The minimum Gasteiger partial charge on any atom is -0.454 e. The van der Waals surface area contributed by atoms with Crippen LogP contribution < -0.4 is 14.8 Å². The maximum absolute atomic E-state index is 5.92. The van der Waals surface area contributed by atoms with Crippen molar-refractivity contribution in [3.63, 3.8) is 0 Å². The summed E-state index contributed by atoms with van der Waals surface area (Å²) in [4.78, 5) is 0. The summed E-state index contributed by atoms with van der Waals surface area (Å²) < 4.78 is 11.8. The van der Waals surface area contributed by atoms with Gasteiger partial charge in [-0.05, 0) is 40.2 Å². The van der Waals surface area contributed by atoms with Crippen LogP contribution in [0.1, 0.15) is 5.56 Å². The van der Waals surface area contributed by atoms with E-state index in [0.29, 0.717) is 11.6 Å². The molecule has 3 rings (SSSR count). The van der Waals surface area contributed by atoms with Crippen molar-refractivity contribution in [3.8, 4) is 11.5 Å². The fraction of sp³-hybridized carbons (Fsp3) is 0.143. The van der Waals surface area contributed by atoms with Crippen molar-refractivity contribution in [2.24, 2.45) is 0 Å². The minimum atomic E-state index is 0.289. The van der Waals surface area contributed by atoms with Gasteiger partial charge in [-0.2, -0.15) is 0 Å². The molecule has 0 atom stereocenters. The molecule has 0 spiro atoms. The molecule has 1 heterocycles. The predicted octanol–water partition coefficient (Wildman–Crippen LogP) is 4.44. The van der Waals surface area contributed by atoms with E-state index in [0.717, 1.165) is 27.2 Å². The zero-order chi connectivity index (χ0) is 13.2. The molecule has 0 aliphatic carbocycles. The summed E-state index contributed by atoms with van der Waals surface area (Å²) in [6, 6.07) is 11.5. The second kappa shape index (κ2) is 5.31. The smallest absolute Gasteiger partial charge is 0.231 e. The first-order valence-corrected chi connectivity index (χ1v) is 6.97. The van der Waals surface area contributed by atoms with Gasteiger partial charge in [0.25, 0.3) is 0 Å². The van der Waals surface area contributed by atoms with Crippen molar-refractivity contribution >= 4 is 33.2 Å². The molecule has 1 aliphatic rings. The monoisotopic (exact) mass is 339 g/mol. The second-order valence-electron chi connectivity index (χ2n) is 4.13. The Kier molecular flexibility index (Phi) is 3.53. The normalized spacial score (nSPS) is 12.5. The van der Waals surface area contributed by atoms with E-state index >= 15 is 0 Å². The van der Waals surface area contributed by atoms with Crippen LogP contribution in [-0.4, -0.2) is 6.79 Å². The fourth-order valence-electron chi connectivity index (χ4n) is 1.95. The van der Waals surface area contributed by atoms with Gasteiger partial charge in [0.15, 0.2) is 11.5 Å². The van der Waals surface area contributed by atoms with Crippen molar-refractivity contribution in [1.29, 1.82) is 0 Å². The van der Waals surface area contributed by atoms with E-state index in [1.807, 2.05) is 36.4 Å². The summed E-state index contributed by atoms with van der Waals surface area (Å²) in [6.07, 6.45) is 0. The zero-order valence-corrected chi connectivity index (χ0v) is 12.3. The summed E-state index contributed by atoms with van der Waals surface area (Å²) in [5.41, 5.74) is 2.05. The number of fused-ring (bicyclic) bond motifs is 1.